The van der Waals surface area contributed by atoms with E-state index in [1.54, 1.807) is 34.9 Å². The summed E-state index contributed by atoms with van der Waals surface area (Å²) in [4.78, 5) is 27.9. The highest BCUT2D eigenvalue weighted by molar-refractivity contribution is 7.99. The standard InChI is InChI=1S/C21H25N3O4S2/c1-23(2)30(27,28)19-10-6-3-7-16(19)15-22-20(25)11-12-21(26)24-13-14-29-18-9-5-4-8-17(18)24/h3-10H,11-15H2,1-2H3,(H,22,25). The molecule has 0 saturated heterocycles. The molecule has 160 valence electrons. The first-order chi connectivity index (χ1) is 14.3. The Morgan fingerprint density at radius 1 is 1.07 bits per heavy atom. The molecule has 1 heterocycles. The van der Waals surface area contributed by atoms with Crippen molar-refractivity contribution >= 4 is 39.3 Å². The van der Waals surface area contributed by atoms with Crippen molar-refractivity contribution in [1.82, 2.24) is 9.62 Å². The second-order valence-corrected chi connectivity index (χ2v) is 10.3. The predicted octanol–water partition coefficient (Wildman–Crippen LogP) is 2.47. The minimum absolute atomic E-state index is 0.0488. The van der Waals surface area contributed by atoms with Crippen molar-refractivity contribution in [2.75, 3.05) is 31.3 Å². The molecule has 0 atom stereocenters. The molecule has 0 fully saturated rings. The molecule has 3 rings (SSSR count). The lowest BCUT2D eigenvalue weighted by atomic mass is 10.2. The molecule has 7 nitrogen and oxygen atoms in total. The third-order valence-corrected chi connectivity index (χ3v) is 7.76. The van der Waals surface area contributed by atoms with Crippen LogP contribution in [-0.2, 0) is 26.2 Å². The molecule has 1 N–H and O–H groups in total. The van der Waals surface area contributed by atoms with Gasteiger partial charge in [-0.15, -0.1) is 11.8 Å². The van der Waals surface area contributed by atoms with Gasteiger partial charge in [-0.2, -0.15) is 0 Å². The lowest BCUT2D eigenvalue weighted by molar-refractivity contribution is -0.125. The number of benzene rings is 2. The summed E-state index contributed by atoms with van der Waals surface area (Å²) in [5, 5.41) is 2.73. The maximum absolute atomic E-state index is 12.7. The van der Waals surface area contributed by atoms with Gasteiger partial charge in [0.25, 0.3) is 0 Å². The van der Waals surface area contributed by atoms with E-state index in [-0.39, 0.29) is 36.1 Å². The van der Waals surface area contributed by atoms with E-state index in [4.69, 9.17) is 0 Å². The average molecular weight is 448 g/mol. The monoisotopic (exact) mass is 447 g/mol. The molecule has 9 heteroatoms. The quantitative estimate of drug-likeness (QED) is 0.705. The van der Waals surface area contributed by atoms with Gasteiger partial charge in [-0.25, -0.2) is 12.7 Å². The maximum atomic E-state index is 12.7. The third kappa shape index (κ3) is 5.03. The third-order valence-electron chi connectivity index (χ3n) is 4.80. The summed E-state index contributed by atoms with van der Waals surface area (Å²) >= 11 is 1.72. The van der Waals surface area contributed by atoms with Crippen LogP contribution in [0.25, 0.3) is 0 Å². The van der Waals surface area contributed by atoms with E-state index in [0.29, 0.717) is 12.1 Å². The first kappa shape index (κ1) is 22.3. The molecule has 2 aromatic carbocycles. The minimum Gasteiger partial charge on any atom is -0.352 e. The number of para-hydroxylation sites is 1. The predicted molar refractivity (Wildman–Crippen MR) is 118 cm³/mol. The lowest BCUT2D eigenvalue weighted by Gasteiger charge is -2.29. The Balaban J connectivity index is 1.58. The van der Waals surface area contributed by atoms with Crippen LogP contribution < -0.4 is 10.2 Å². The fourth-order valence-electron chi connectivity index (χ4n) is 3.16. The summed E-state index contributed by atoms with van der Waals surface area (Å²) in [7, 11) is -0.673. The number of rotatable bonds is 7. The summed E-state index contributed by atoms with van der Waals surface area (Å²) in [6, 6.07) is 14.3. The molecule has 0 radical (unpaired) electrons. The van der Waals surface area contributed by atoms with Crippen LogP contribution in [0.2, 0.25) is 0 Å². The fraction of sp³-hybridized carbons (Fsp3) is 0.333. The van der Waals surface area contributed by atoms with Gasteiger partial charge < -0.3 is 10.2 Å². The summed E-state index contributed by atoms with van der Waals surface area (Å²) in [6.07, 6.45) is 0.149. The van der Waals surface area contributed by atoms with E-state index < -0.39 is 10.0 Å². The largest absolute Gasteiger partial charge is 0.352 e. The number of thioether (sulfide) groups is 1. The van der Waals surface area contributed by atoms with Crippen molar-refractivity contribution in [3.05, 3.63) is 54.1 Å². The van der Waals surface area contributed by atoms with Crippen LogP contribution in [-0.4, -0.2) is 50.9 Å². The number of carbonyl (C=O) groups excluding carboxylic acids is 2. The number of hydrogen-bond donors (Lipinski definition) is 1. The second-order valence-electron chi connectivity index (χ2n) is 7.03. The lowest BCUT2D eigenvalue weighted by Crippen LogP contribution is -2.36. The number of fused-ring (bicyclic) bond motifs is 1. The Kier molecular flexibility index (Phi) is 7.17. The van der Waals surface area contributed by atoms with Gasteiger partial charge in [0.1, 0.15) is 0 Å². The summed E-state index contributed by atoms with van der Waals surface area (Å²) < 4.78 is 26.0. The summed E-state index contributed by atoms with van der Waals surface area (Å²) in [5.74, 6) is 0.445. The number of sulfonamides is 1. The molecule has 0 aromatic heterocycles. The van der Waals surface area contributed by atoms with Crippen LogP contribution in [0.3, 0.4) is 0 Å². The molecule has 1 aliphatic rings. The number of amides is 2. The topological polar surface area (TPSA) is 86.8 Å². The van der Waals surface area contributed by atoms with Crippen LogP contribution in [0.4, 0.5) is 5.69 Å². The van der Waals surface area contributed by atoms with Crippen LogP contribution in [0, 0.1) is 0 Å². The average Bonchev–Trinajstić information content (AvgIpc) is 2.75. The van der Waals surface area contributed by atoms with Crippen molar-refractivity contribution in [3.8, 4) is 0 Å². The molecule has 0 saturated carbocycles. The minimum atomic E-state index is -3.60. The van der Waals surface area contributed by atoms with Gasteiger partial charge in [-0.3, -0.25) is 9.59 Å². The first-order valence-electron chi connectivity index (χ1n) is 9.60. The molecule has 0 bridgehead atoms. The zero-order valence-corrected chi connectivity index (χ0v) is 18.6. The summed E-state index contributed by atoms with van der Waals surface area (Å²) in [6.45, 7) is 0.706. The number of anilines is 1. The Labute approximate surface area is 181 Å². The number of nitrogens with one attached hydrogen (secondary N) is 1. The van der Waals surface area contributed by atoms with Gasteiger partial charge in [-0.05, 0) is 23.8 Å². The van der Waals surface area contributed by atoms with E-state index in [0.717, 1.165) is 20.6 Å². The number of nitrogens with zero attached hydrogens (tertiary/aromatic N) is 2. The number of hydrogen-bond acceptors (Lipinski definition) is 5. The highest BCUT2D eigenvalue weighted by Gasteiger charge is 2.23. The second kappa shape index (κ2) is 9.63. The van der Waals surface area contributed by atoms with Gasteiger partial charge in [0.15, 0.2) is 0 Å². The van der Waals surface area contributed by atoms with E-state index >= 15 is 0 Å². The van der Waals surface area contributed by atoms with Gasteiger partial charge in [0.05, 0.1) is 10.6 Å². The molecular formula is C21H25N3O4S2. The molecule has 2 amide bonds. The zero-order valence-electron chi connectivity index (χ0n) is 17.0. The van der Waals surface area contributed by atoms with E-state index in [2.05, 4.69) is 5.32 Å². The van der Waals surface area contributed by atoms with Gasteiger partial charge in [0, 0.05) is 50.7 Å². The first-order valence-corrected chi connectivity index (χ1v) is 12.0. The highest BCUT2D eigenvalue weighted by atomic mass is 32.2. The molecular weight excluding hydrogens is 422 g/mol. The Bertz CT molecular complexity index is 1040. The van der Waals surface area contributed by atoms with Crippen LogP contribution >= 0.6 is 11.8 Å². The Morgan fingerprint density at radius 2 is 1.77 bits per heavy atom. The van der Waals surface area contributed by atoms with E-state index in [1.807, 2.05) is 24.3 Å². The molecule has 2 aromatic rings. The van der Waals surface area contributed by atoms with Gasteiger partial charge in [0.2, 0.25) is 21.8 Å². The number of carbonyl (C=O) groups is 2. The fourth-order valence-corrected chi connectivity index (χ4v) is 5.27. The van der Waals surface area contributed by atoms with Crippen LogP contribution in [0.1, 0.15) is 18.4 Å². The Morgan fingerprint density at radius 3 is 2.53 bits per heavy atom. The van der Waals surface area contributed by atoms with Gasteiger partial charge >= 0.3 is 0 Å². The smallest absolute Gasteiger partial charge is 0.242 e. The van der Waals surface area contributed by atoms with Crippen LogP contribution in [0.15, 0.2) is 58.3 Å². The highest BCUT2D eigenvalue weighted by Crippen LogP contribution is 2.34. The van der Waals surface area contributed by atoms with Crippen molar-refractivity contribution in [2.24, 2.45) is 0 Å². The van der Waals surface area contributed by atoms with E-state index in [9.17, 15) is 18.0 Å². The van der Waals surface area contributed by atoms with Crippen molar-refractivity contribution < 1.29 is 18.0 Å². The maximum Gasteiger partial charge on any atom is 0.242 e. The van der Waals surface area contributed by atoms with Crippen molar-refractivity contribution in [2.45, 2.75) is 29.2 Å². The normalized spacial score (nSPS) is 13.8. The van der Waals surface area contributed by atoms with Crippen molar-refractivity contribution in [1.29, 1.82) is 0 Å². The molecule has 1 aliphatic heterocycles. The van der Waals surface area contributed by atoms with Crippen molar-refractivity contribution in [3.63, 3.8) is 0 Å². The molecule has 0 unspecified atom stereocenters. The Hall–Kier alpha value is -2.36. The van der Waals surface area contributed by atoms with Crippen LogP contribution in [0.5, 0.6) is 0 Å². The molecule has 30 heavy (non-hydrogen) atoms. The summed E-state index contributed by atoms with van der Waals surface area (Å²) in [5.41, 5.74) is 1.40. The molecule has 0 aliphatic carbocycles. The SMILES string of the molecule is CN(C)S(=O)(=O)c1ccccc1CNC(=O)CCC(=O)N1CCSc2ccccc21. The van der Waals surface area contributed by atoms with E-state index in [1.165, 1.54) is 20.2 Å². The molecule has 0 spiro atoms. The van der Waals surface area contributed by atoms with Gasteiger partial charge in [-0.1, -0.05) is 30.3 Å². The zero-order chi connectivity index (χ0) is 21.7.